The molecule has 0 unspecified atom stereocenters. The van der Waals surface area contributed by atoms with Crippen LogP contribution >= 0.6 is 0 Å². The van der Waals surface area contributed by atoms with E-state index < -0.39 is 8.07 Å². The number of aliphatic hydroxyl groups is 2. The number of nitrogens with zero attached hydrogens (tertiary/aromatic N) is 3. The third-order valence-corrected chi connectivity index (χ3v) is 10.7. The van der Waals surface area contributed by atoms with Gasteiger partial charge in [0.2, 0.25) is 0 Å². The summed E-state index contributed by atoms with van der Waals surface area (Å²) in [4.78, 5) is 17.0. The molecule has 1 aliphatic heterocycles. The Kier molecular flexibility index (Phi) is 13.2. The van der Waals surface area contributed by atoms with Crippen LogP contribution in [0.3, 0.4) is 0 Å². The number of rotatable bonds is 16. The molecule has 0 radical (unpaired) electrons. The Balaban J connectivity index is 1.55. The van der Waals surface area contributed by atoms with E-state index in [0.29, 0.717) is 39.2 Å². The highest BCUT2D eigenvalue weighted by atomic mass is 28.3. The zero-order valence-corrected chi connectivity index (χ0v) is 30.1. The molecule has 1 heterocycles. The number of aliphatic hydroxyl groups excluding tert-OH is 2. The molecule has 1 aliphatic rings. The van der Waals surface area contributed by atoms with Crippen LogP contribution in [0.5, 0.6) is 0 Å². The second kappa shape index (κ2) is 17.7. The molecule has 4 aromatic rings. The number of hydrazine groups is 1. The first-order valence-corrected chi connectivity index (χ1v) is 20.9. The van der Waals surface area contributed by atoms with E-state index in [0.717, 1.165) is 39.4 Å². The van der Waals surface area contributed by atoms with Crippen LogP contribution in [0.1, 0.15) is 33.4 Å². The maximum Gasteiger partial charge on any atom is 0.335 e. The summed E-state index contributed by atoms with van der Waals surface area (Å²) in [5.41, 5.74) is 5.79. The zero-order chi connectivity index (χ0) is 34.6. The molecule has 1 saturated heterocycles. The molecule has 9 heteroatoms. The predicted molar refractivity (Wildman–Crippen MR) is 196 cm³/mol. The molecule has 0 aliphatic carbocycles. The number of urea groups is 1. The maximum absolute atomic E-state index is 15.1. The number of hydrogen-bond donors (Lipinski definition) is 2. The van der Waals surface area contributed by atoms with Crippen molar-refractivity contribution in [3.63, 3.8) is 0 Å². The second-order valence-corrected chi connectivity index (χ2v) is 19.7. The van der Waals surface area contributed by atoms with Crippen LogP contribution < -0.4 is 0 Å². The van der Waals surface area contributed by atoms with Crippen molar-refractivity contribution in [2.45, 2.75) is 77.1 Å². The molecule has 0 aromatic heterocycles. The number of carbonyl (C=O) groups excluding carboxylic acids is 1. The van der Waals surface area contributed by atoms with Crippen molar-refractivity contribution >= 4 is 14.1 Å². The van der Waals surface area contributed by atoms with Gasteiger partial charge in [0.1, 0.15) is 6.79 Å². The summed E-state index contributed by atoms with van der Waals surface area (Å²) >= 11 is 0. The highest BCUT2D eigenvalue weighted by Gasteiger charge is 2.41. The minimum Gasteiger partial charge on any atom is -0.392 e. The Morgan fingerprint density at radius 2 is 1.18 bits per heavy atom. The van der Waals surface area contributed by atoms with Crippen LogP contribution in [0.25, 0.3) is 0 Å². The Morgan fingerprint density at radius 3 is 1.73 bits per heavy atom. The fourth-order valence-corrected chi connectivity index (χ4v) is 6.80. The van der Waals surface area contributed by atoms with Gasteiger partial charge in [-0.1, -0.05) is 129 Å². The smallest absolute Gasteiger partial charge is 0.335 e. The Hall–Kier alpha value is -3.83. The number of ether oxygens (including phenoxy) is 2. The number of benzene rings is 4. The molecule has 2 N–H and O–H groups in total. The molecule has 0 saturated carbocycles. The first-order chi connectivity index (χ1) is 23.7. The van der Waals surface area contributed by atoms with Crippen molar-refractivity contribution in [2.75, 3.05) is 19.9 Å². The van der Waals surface area contributed by atoms with Gasteiger partial charge in [-0.2, -0.15) is 0 Å². The van der Waals surface area contributed by atoms with Crippen molar-refractivity contribution in [2.24, 2.45) is 0 Å². The fourth-order valence-electron chi connectivity index (χ4n) is 6.04. The summed E-state index contributed by atoms with van der Waals surface area (Å²) in [6.07, 6.45) is 0.247. The van der Waals surface area contributed by atoms with Gasteiger partial charge < -0.3 is 24.6 Å². The van der Waals surface area contributed by atoms with Crippen molar-refractivity contribution in [3.8, 4) is 0 Å². The van der Waals surface area contributed by atoms with E-state index in [1.54, 1.807) is 0 Å². The Labute approximate surface area is 292 Å². The summed E-state index contributed by atoms with van der Waals surface area (Å²) in [5, 5.41) is 23.3. The summed E-state index contributed by atoms with van der Waals surface area (Å²) in [7, 11) is -1.27. The van der Waals surface area contributed by atoms with Gasteiger partial charge in [0.25, 0.3) is 0 Å². The molecule has 0 spiro atoms. The number of carbonyl (C=O) groups is 1. The van der Waals surface area contributed by atoms with Gasteiger partial charge in [-0.05, 0) is 45.8 Å². The molecule has 0 bridgehead atoms. The molecule has 4 aromatic carbocycles. The standard InChI is InChI=1S/C40H51N3O5Si/c1-49(2,3)23-22-47-31-48-39-28-41(25-33-12-8-5-9-13-33)43(27-35-16-20-37(30-45)21-17-35)40(46)42(26-34-14-18-36(29-44)19-15-34)38(39)24-32-10-6-4-7-11-32/h4-21,38-39,44-45H,22-31H2,1-3H3/t38-,39-/m1/s1. The number of amides is 2. The van der Waals surface area contributed by atoms with Gasteiger partial charge in [-0.3, -0.25) is 5.01 Å². The number of hydrogen-bond acceptors (Lipinski definition) is 6. The van der Waals surface area contributed by atoms with E-state index >= 15 is 4.79 Å². The average molecular weight is 682 g/mol. The average Bonchev–Trinajstić information content (AvgIpc) is 3.20. The maximum atomic E-state index is 15.1. The quantitative estimate of drug-likeness (QED) is 0.0766. The molecule has 5 rings (SSSR count). The van der Waals surface area contributed by atoms with E-state index in [1.807, 2.05) is 94.8 Å². The lowest BCUT2D eigenvalue weighted by Crippen LogP contribution is -2.51. The van der Waals surface area contributed by atoms with Crippen LogP contribution in [0.2, 0.25) is 25.7 Å². The van der Waals surface area contributed by atoms with Crippen LogP contribution in [0.4, 0.5) is 4.79 Å². The second-order valence-electron chi connectivity index (χ2n) is 14.0. The molecule has 1 fully saturated rings. The van der Waals surface area contributed by atoms with E-state index in [1.165, 1.54) is 0 Å². The molecule has 2 amide bonds. The molecule has 2 atom stereocenters. The van der Waals surface area contributed by atoms with Crippen LogP contribution in [-0.2, 0) is 48.7 Å². The minimum atomic E-state index is -1.27. The largest absolute Gasteiger partial charge is 0.392 e. The SMILES string of the molecule is C[Si](C)(C)CCOCO[C@@H]1CN(Cc2ccccc2)N(Cc2ccc(CO)cc2)C(=O)N(Cc2ccc(CO)cc2)[C@@H]1Cc1ccccc1. The normalized spacial score (nSPS) is 17.4. The fraction of sp³-hybridized carbons (Fsp3) is 0.375. The zero-order valence-electron chi connectivity index (χ0n) is 29.1. The van der Waals surface area contributed by atoms with Crippen molar-refractivity contribution in [1.29, 1.82) is 0 Å². The predicted octanol–water partition coefficient (Wildman–Crippen LogP) is 6.84. The van der Waals surface area contributed by atoms with Gasteiger partial charge in [0.15, 0.2) is 0 Å². The van der Waals surface area contributed by atoms with E-state index in [4.69, 9.17) is 9.47 Å². The summed E-state index contributed by atoms with van der Waals surface area (Å²) in [6.45, 7) is 9.46. The lowest BCUT2D eigenvalue weighted by atomic mass is 9.98. The van der Waals surface area contributed by atoms with Gasteiger partial charge in [0, 0.05) is 34.3 Å². The summed E-state index contributed by atoms with van der Waals surface area (Å²) < 4.78 is 12.8. The van der Waals surface area contributed by atoms with Gasteiger partial charge in [-0.25, -0.2) is 9.80 Å². The minimum absolute atomic E-state index is 0.0356. The summed E-state index contributed by atoms with van der Waals surface area (Å²) in [6, 6.07) is 36.7. The third-order valence-electron chi connectivity index (χ3n) is 8.98. The molecular formula is C40H51N3O5Si. The Morgan fingerprint density at radius 1 is 0.673 bits per heavy atom. The first kappa shape index (κ1) is 36.4. The summed E-state index contributed by atoms with van der Waals surface area (Å²) in [5.74, 6) is 0. The van der Waals surface area contributed by atoms with Gasteiger partial charge in [-0.15, -0.1) is 0 Å². The van der Waals surface area contributed by atoms with Crippen molar-refractivity contribution < 1.29 is 24.5 Å². The highest BCUT2D eigenvalue weighted by Crippen LogP contribution is 2.28. The Bertz CT molecular complexity index is 1570. The van der Waals surface area contributed by atoms with E-state index in [-0.39, 0.29) is 38.2 Å². The first-order valence-electron chi connectivity index (χ1n) is 17.2. The molecular weight excluding hydrogens is 631 g/mol. The topological polar surface area (TPSA) is 85.7 Å². The van der Waals surface area contributed by atoms with Crippen molar-refractivity contribution in [1.82, 2.24) is 14.9 Å². The molecule has 8 nitrogen and oxygen atoms in total. The van der Waals surface area contributed by atoms with Crippen LogP contribution in [0.15, 0.2) is 109 Å². The monoisotopic (exact) mass is 681 g/mol. The van der Waals surface area contributed by atoms with E-state index in [9.17, 15) is 10.2 Å². The van der Waals surface area contributed by atoms with Crippen molar-refractivity contribution in [3.05, 3.63) is 143 Å². The van der Waals surface area contributed by atoms with E-state index in [2.05, 4.69) is 48.9 Å². The lowest BCUT2D eigenvalue weighted by Gasteiger charge is -2.36. The lowest BCUT2D eigenvalue weighted by molar-refractivity contribution is -0.118. The highest BCUT2D eigenvalue weighted by molar-refractivity contribution is 6.76. The third kappa shape index (κ3) is 10.8. The van der Waals surface area contributed by atoms with Gasteiger partial charge >= 0.3 is 6.03 Å². The van der Waals surface area contributed by atoms with Crippen LogP contribution in [0, 0.1) is 0 Å². The van der Waals surface area contributed by atoms with Gasteiger partial charge in [0.05, 0.1) is 31.9 Å². The van der Waals surface area contributed by atoms with Crippen LogP contribution in [-0.4, -0.2) is 71.3 Å². The molecule has 260 valence electrons. The molecule has 49 heavy (non-hydrogen) atoms.